The van der Waals surface area contributed by atoms with Crippen molar-refractivity contribution >= 4 is 5.91 Å². The smallest absolute Gasteiger partial charge is 0.257 e. The van der Waals surface area contributed by atoms with E-state index in [4.69, 9.17) is 0 Å². The Hall–Kier alpha value is -1.55. The molecule has 1 saturated carbocycles. The average Bonchev–Trinajstić information content (AvgIpc) is 2.84. The molecular weight excluding hydrogens is 254 g/mol. The summed E-state index contributed by atoms with van der Waals surface area (Å²) >= 11 is 0. The van der Waals surface area contributed by atoms with Crippen LogP contribution in [0.5, 0.6) is 5.75 Å². The number of aliphatic hydroxyl groups is 1. The fourth-order valence-electron chi connectivity index (χ4n) is 2.84. The van der Waals surface area contributed by atoms with Crippen LogP contribution in [-0.4, -0.2) is 40.7 Å². The molecule has 20 heavy (non-hydrogen) atoms. The number of benzene rings is 1. The number of hydrogen-bond acceptors (Lipinski definition) is 3. The summed E-state index contributed by atoms with van der Waals surface area (Å²) in [5, 5.41) is 19.7. The Morgan fingerprint density at radius 3 is 2.75 bits per heavy atom. The van der Waals surface area contributed by atoms with E-state index in [-0.39, 0.29) is 23.7 Å². The van der Waals surface area contributed by atoms with Crippen molar-refractivity contribution in [1.82, 2.24) is 4.90 Å². The van der Waals surface area contributed by atoms with Crippen LogP contribution in [0, 0.1) is 5.92 Å². The Kier molecular flexibility index (Phi) is 4.65. The van der Waals surface area contributed by atoms with Crippen LogP contribution in [0.4, 0.5) is 0 Å². The van der Waals surface area contributed by atoms with Crippen LogP contribution >= 0.6 is 0 Å². The molecule has 2 N–H and O–H groups in total. The molecule has 4 nitrogen and oxygen atoms in total. The lowest BCUT2D eigenvalue weighted by Crippen LogP contribution is -2.34. The molecule has 1 aromatic carbocycles. The van der Waals surface area contributed by atoms with Crippen molar-refractivity contribution in [2.75, 3.05) is 13.6 Å². The van der Waals surface area contributed by atoms with E-state index >= 15 is 0 Å². The molecule has 4 heteroatoms. The zero-order valence-electron chi connectivity index (χ0n) is 12.2. The van der Waals surface area contributed by atoms with Crippen LogP contribution in [0.25, 0.3) is 0 Å². The van der Waals surface area contributed by atoms with Crippen LogP contribution in [0.2, 0.25) is 0 Å². The highest BCUT2D eigenvalue weighted by molar-refractivity contribution is 5.96. The number of carbonyl (C=O) groups is 1. The third kappa shape index (κ3) is 3.12. The Balaban J connectivity index is 2.10. The summed E-state index contributed by atoms with van der Waals surface area (Å²) < 4.78 is 0. The maximum Gasteiger partial charge on any atom is 0.257 e. The number of aliphatic hydroxyl groups excluding tert-OH is 1. The summed E-state index contributed by atoms with van der Waals surface area (Å²) in [4.78, 5) is 14.0. The van der Waals surface area contributed by atoms with Gasteiger partial charge in [-0.2, -0.15) is 0 Å². The fraction of sp³-hybridized carbons (Fsp3) is 0.562. The molecule has 2 unspecified atom stereocenters. The van der Waals surface area contributed by atoms with Gasteiger partial charge in [-0.1, -0.05) is 19.4 Å². The highest BCUT2D eigenvalue weighted by Gasteiger charge is 2.28. The largest absolute Gasteiger partial charge is 0.507 e. The first kappa shape index (κ1) is 14.9. The topological polar surface area (TPSA) is 60.8 Å². The summed E-state index contributed by atoms with van der Waals surface area (Å²) in [6, 6.07) is 5.15. The monoisotopic (exact) mass is 277 g/mol. The van der Waals surface area contributed by atoms with Crippen LogP contribution in [0.15, 0.2) is 18.2 Å². The molecule has 0 bridgehead atoms. The van der Waals surface area contributed by atoms with Crippen LogP contribution < -0.4 is 0 Å². The molecule has 1 fully saturated rings. The Morgan fingerprint density at radius 1 is 1.40 bits per heavy atom. The predicted octanol–water partition coefficient (Wildman–Crippen LogP) is 2.19. The van der Waals surface area contributed by atoms with E-state index in [0.29, 0.717) is 12.1 Å². The van der Waals surface area contributed by atoms with E-state index < -0.39 is 0 Å². The van der Waals surface area contributed by atoms with Crippen molar-refractivity contribution < 1.29 is 15.0 Å². The van der Waals surface area contributed by atoms with Crippen molar-refractivity contribution in [2.45, 2.75) is 38.7 Å². The SMILES string of the molecule is CCc1ccc(O)c(C(=O)N(C)CC2CCCC2O)c1. The molecule has 1 aromatic rings. The molecule has 0 aliphatic heterocycles. The third-order valence-corrected chi connectivity index (χ3v) is 4.17. The summed E-state index contributed by atoms with van der Waals surface area (Å²) in [7, 11) is 1.73. The maximum atomic E-state index is 12.4. The first-order chi connectivity index (χ1) is 9.52. The Labute approximate surface area is 120 Å². The quantitative estimate of drug-likeness (QED) is 0.887. The lowest BCUT2D eigenvalue weighted by Gasteiger charge is -2.23. The molecule has 0 saturated heterocycles. The number of nitrogens with zero attached hydrogens (tertiary/aromatic N) is 1. The summed E-state index contributed by atoms with van der Waals surface area (Å²) in [6.45, 7) is 2.55. The minimum absolute atomic E-state index is 0.0195. The second kappa shape index (κ2) is 6.27. The molecule has 0 heterocycles. The van der Waals surface area contributed by atoms with Gasteiger partial charge in [0.15, 0.2) is 0 Å². The highest BCUT2D eigenvalue weighted by atomic mass is 16.3. The summed E-state index contributed by atoms with van der Waals surface area (Å²) in [5.41, 5.74) is 1.37. The van der Waals surface area contributed by atoms with Gasteiger partial charge in [-0.15, -0.1) is 0 Å². The molecule has 1 amide bonds. The van der Waals surface area contributed by atoms with E-state index in [2.05, 4.69) is 0 Å². The van der Waals surface area contributed by atoms with Crippen molar-refractivity contribution in [3.8, 4) is 5.75 Å². The summed E-state index contributed by atoms with van der Waals surface area (Å²) in [6.07, 6.45) is 3.32. The number of aromatic hydroxyl groups is 1. The van der Waals surface area contributed by atoms with Crippen molar-refractivity contribution in [2.24, 2.45) is 5.92 Å². The van der Waals surface area contributed by atoms with E-state index in [0.717, 1.165) is 31.2 Å². The molecule has 0 radical (unpaired) electrons. The molecule has 0 aromatic heterocycles. The van der Waals surface area contributed by atoms with Gasteiger partial charge in [-0.3, -0.25) is 4.79 Å². The Morgan fingerprint density at radius 2 is 2.15 bits per heavy atom. The molecule has 2 rings (SSSR count). The minimum atomic E-state index is -0.305. The Bertz CT molecular complexity index is 487. The van der Waals surface area contributed by atoms with E-state index in [1.165, 1.54) is 0 Å². The van der Waals surface area contributed by atoms with Crippen molar-refractivity contribution in [3.63, 3.8) is 0 Å². The van der Waals surface area contributed by atoms with Gasteiger partial charge < -0.3 is 15.1 Å². The number of hydrogen-bond donors (Lipinski definition) is 2. The highest BCUT2D eigenvalue weighted by Crippen LogP contribution is 2.27. The first-order valence-corrected chi connectivity index (χ1v) is 7.28. The average molecular weight is 277 g/mol. The second-order valence-corrected chi connectivity index (χ2v) is 5.65. The predicted molar refractivity (Wildman–Crippen MR) is 77.8 cm³/mol. The molecule has 1 aliphatic rings. The van der Waals surface area contributed by atoms with Gasteiger partial charge in [0.05, 0.1) is 11.7 Å². The van der Waals surface area contributed by atoms with E-state index in [1.54, 1.807) is 24.1 Å². The molecule has 2 atom stereocenters. The number of phenols is 1. The number of phenolic OH excluding ortho intramolecular Hbond substituents is 1. The van der Waals surface area contributed by atoms with E-state index in [1.807, 2.05) is 13.0 Å². The number of amides is 1. The van der Waals surface area contributed by atoms with Gasteiger partial charge in [0.25, 0.3) is 5.91 Å². The van der Waals surface area contributed by atoms with Gasteiger partial charge in [0.1, 0.15) is 5.75 Å². The lowest BCUT2D eigenvalue weighted by atomic mass is 10.0. The van der Waals surface area contributed by atoms with Crippen LogP contribution in [0.1, 0.15) is 42.1 Å². The normalized spacial score (nSPS) is 21.9. The zero-order chi connectivity index (χ0) is 14.7. The first-order valence-electron chi connectivity index (χ1n) is 7.28. The van der Waals surface area contributed by atoms with Crippen LogP contribution in [-0.2, 0) is 6.42 Å². The fourth-order valence-corrected chi connectivity index (χ4v) is 2.84. The van der Waals surface area contributed by atoms with Gasteiger partial charge in [0.2, 0.25) is 0 Å². The van der Waals surface area contributed by atoms with Gasteiger partial charge >= 0.3 is 0 Å². The van der Waals surface area contributed by atoms with Crippen molar-refractivity contribution in [1.29, 1.82) is 0 Å². The number of aryl methyl sites for hydroxylation is 1. The van der Waals surface area contributed by atoms with Gasteiger partial charge in [-0.05, 0) is 37.0 Å². The van der Waals surface area contributed by atoms with Crippen LogP contribution in [0.3, 0.4) is 0 Å². The third-order valence-electron chi connectivity index (χ3n) is 4.17. The number of carbonyl (C=O) groups excluding carboxylic acids is 1. The second-order valence-electron chi connectivity index (χ2n) is 5.65. The molecule has 1 aliphatic carbocycles. The molecule has 0 spiro atoms. The standard InChI is InChI=1S/C16H23NO3/c1-3-11-7-8-15(19)13(9-11)16(20)17(2)10-12-5-4-6-14(12)18/h7-9,12,14,18-19H,3-6,10H2,1-2H3. The minimum Gasteiger partial charge on any atom is -0.507 e. The summed E-state index contributed by atoms with van der Waals surface area (Å²) in [5.74, 6) is -0.0108. The molecule has 110 valence electrons. The van der Waals surface area contributed by atoms with E-state index in [9.17, 15) is 15.0 Å². The zero-order valence-corrected chi connectivity index (χ0v) is 12.2. The molecular formula is C16H23NO3. The number of rotatable bonds is 4. The maximum absolute atomic E-state index is 12.4. The lowest BCUT2D eigenvalue weighted by molar-refractivity contribution is 0.0691. The van der Waals surface area contributed by atoms with Gasteiger partial charge in [0, 0.05) is 19.5 Å². The van der Waals surface area contributed by atoms with Gasteiger partial charge in [-0.25, -0.2) is 0 Å². The van der Waals surface area contributed by atoms with Crippen molar-refractivity contribution in [3.05, 3.63) is 29.3 Å².